The molecular formula is C16H19N3O3S. The predicted octanol–water partition coefficient (Wildman–Crippen LogP) is 1.94. The van der Waals surface area contributed by atoms with Gasteiger partial charge in [-0.1, -0.05) is 0 Å². The fourth-order valence-corrected chi connectivity index (χ4v) is 2.84. The molecule has 0 saturated carbocycles. The van der Waals surface area contributed by atoms with Crippen LogP contribution >= 0.6 is 12.2 Å². The van der Waals surface area contributed by atoms with E-state index >= 15 is 0 Å². The molecule has 1 saturated heterocycles. The average Bonchev–Trinajstić information content (AvgIpc) is 2.58. The third-order valence-corrected chi connectivity index (χ3v) is 4.11. The monoisotopic (exact) mass is 333 g/mol. The number of hydrogen-bond donors (Lipinski definition) is 2. The highest BCUT2D eigenvalue weighted by Crippen LogP contribution is 2.23. The number of nitrogens with zero attached hydrogens (tertiary/aromatic N) is 1. The Morgan fingerprint density at radius 3 is 2.57 bits per heavy atom. The zero-order valence-corrected chi connectivity index (χ0v) is 13.7. The van der Waals surface area contributed by atoms with Crippen LogP contribution in [0.2, 0.25) is 0 Å². The van der Waals surface area contributed by atoms with Gasteiger partial charge in [0.25, 0.3) is 5.56 Å². The molecule has 0 unspecified atom stereocenters. The molecular weight excluding hydrogens is 314 g/mol. The molecule has 0 atom stereocenters. The standard InChI is InChI=1S/C16H19N3O3S/c1-21-12-4-2-11(3-5-12)14-13(15(20)18-16(23)17-14)10-19-6-8-22-9-7-19/h2-5H,6-10H2,1H3,(H2,17,18,20,23). The van der Waals surface area contributed by atoms with E-state index in [4.69, 9.17) is 21.7 Å². The summed E-state index contributed by atoms with van der Waals surface area (Å²) in [5.74, 6) is 0.770. The van der Waals surface area contributed by atoms with Gasteiger partial charge in [-0.2, -0.15) is 0 Å². The summed E-state index contributed by atoms with van der Waals surface area (Å²) in [6.45, 7) is 3.58. The van der Waals surface area contributed by atoms with Crippen LogP contribution in [-0.2, 0) is 11.3 Å². The first kappa shape index (κ1) is 15.9. The van der Waals surface area contributed by atoms with Crippen molar-refractivity contribution in [2.45, 2.75) is 6.54 Å². The normalized spacial score (nSPS) is 15.5. The molecule has 3 rings (SSSR count). The van der Waals surface area contributed by atoms with Crippen LogP contribution in [0.5, 0.6) is 5.75 Å². The Bertz CT molecular complexity index is 776. The van der Waals surface area contributed by atoms with E-state index < -0.39 is 0 Å². The second-order valence-electron chi connectivity index (χ2n) is 5.38. The molecule has 1 aliphatic heterocycles. The largest absolute Gasteiger partial charge is 0.497 e. The van der Waals surface area contributed by atoms with Crippen LogP contribution in [0.25, 0.3) is 11.3 Å². The van der Waals surface area contributed by atoms with Crippen molar-refractivity contribution in [1.82, 2.24) is 14.9 Å². The molecule has 1 aromatic heterocycles. The van der Waals surface area contributed by atoms with Crippen LogP contribution in [0, 0.1) is 4.77 Å². The van der Waals surface area contributed by atoms with E-state index in [0.29, 0.717) is 30.1 Å². The molecule has 1 aromatic carbocycles. The van der Waals surface area contributed by atoms with Gasteiger partial charge in [0.1, 0.15) is 5.75 Å². The topological polar surface area (TPSA) is 70.4 Å². The third kappa shape index (κ3) is 3.69. The first-order valence-electron chi connectivity index (χ1n) is 7.47. The van der Waals surface area contributed by atoms with Crippen molar-refractivity contribution in [1.29, 1.82) is 0 Å². The van der Waals surface area contributed by atoms with E-state index in [1.54, 1.807) is 7.11 Å². The lowest BCUT2D eigenvalue weighted by Gasteiger charge is -2.26. The minimum absolute atomic E-state index is 0.147. The molecule has 0 amide bonds. The number of methoxy groups -OCH3 is 1. The lowest BCUT2D eigenvalue weighted by molar-refractivity contribution is 0.0340. The minimum Gasteiger partial charge on any atom is -0.497 e. The quantitative estimate of drug-likeness (QED) is 0.837. The zero-order valence-electron chi connectivity index (χ0n) is 12.9. The highest BCUT2D eigenvalue weighted by molar-refractivity contribution is 7.71. The van der Waals surface area contributed by atoms with E-state index in [-0.39, 0.29) is 5.56 Å². The highest BCUT2D eigenvalue weighted by atomic mass is 32.1. The van der Waals surface area contributed by atoms with Gasteiger partial charge in [-0.3, -0.25) is 14.7 Å². The van der Waals surface area contributed by atoms with Gasteiger partial charge in [0.2, 0.25) is 0 Å². The molecule has 2 aromatic rings. The maximum atomic E-state index is 12.4. The van der Waals surface area contributed by atoms with E-state index in [1.807, 2.05) is 24.3 Å². The van der Waals surface area contributed by atoms with E-state index in [1.165, 1.54) is 0 Å². The van der Waals surface area contributed by atoms with Gasteiger partial charge in [0.05, 0.1) is 31.6 Å². The number of ether oxygens (including phenoxy) is 2. The summed E-state index contributed by atoms with van der Waals surface area (Å²) >= 11 is 5.13. The maximum Gasteiger partial charge on any atom is 0.256 e. The number of hydrogen-bond acceptors (Lipinski definition) is 5. The van der Waals surface area contributed by atoms with Gasteiger partial charge in [-0.25, -0.2) is 0 Å². The molecule has 7 heteroatoms. The van der Waals surface area contributed by atoms with Crippen molar-refractivity contribution >= 4 is 12.2 Å². The van der Waals surface area contributed by atoms with Crippen molar-refractivity contribution in [3.63, 3.8) is 0 Å². The van der Waals surface area contributed by atoms with Crippen molar-refractivity contribution in [2.75, 3.05) is 33.4 Å². The molecule has 0 aliphatic carbocycles. The van der Waals surface area contributed by atoms with E-state index in [2.05, 4.69) is 14.9 Å². The minimum atomic E-state index is -0.147. The number of nitrogens with one attached hydrogen (secondary N) is 2. The fraction of sp³-hybridized carbons (Fsp3) is 0.375. The van der Waals surface area contributed by atoms with Crippen molar-refractivity contribution in [3.8, 4) is 17.0 Å². The number of aromatic amines is 2. The molecule has 6 nitrogen and oxygen atoms in total. The van der Waals surface area contributed by atoms with Crippen LogP contribution in [0.3, 0.4) is 0 Å². The van der Waals surface area contributed by atoms with Crippen LogP contribution in [-0.4, -0.2) is 48.3 Å². The van der Waals surface area contributed by atoms with Crippen LogP contribution in [0.4, 0.5) is 0 Å². The molecule has 2 N–H and O–H groups in total. The lowest BCUT2D eigenvalue weighted by atomic mass is 10.1. The smallest absolute Gasteiger partial charge is 0.256 e. The van der Waals surface area contributed by atoms with Gasteiger partial charge in [-0.15, -0.1) is 0 Å². The molecule has 23 heavy (non-hydrogen) atoms. The molecule has 1 fully saturated rings. The SMILES string of the molecule is COc1ccc(-c2[nH]c(=S)[nH]c(=O)c2CN2CCOCC2)cc1. The van der Waals surface area contributed by atoms with E-state index in [0.717, 1.165) is 30.1 Å². The number of rotatable bonds is 4. The maximum absolute atomic E-state index is 12.4. The van der Waals surface area contributed by atoms with Gasteiger partial charge in [0.15, 0.2) is 4.77 Å². The Balaban J connectivity index is 2.00. The molecule has 0 spiro atoms. The Labute approximate surface area is 139 Å². The molecule has 1 aliphatic rings. The molecule has 2 heterocycles. The number of H-pyrrole nitrogens is 2. The Hall–Kier alpha value is -1.96. The molecule has 122 valence electrons. The van der Waals surface area contributed by atoms with Gasteiger partial charge >= 0.3 is 0 Å². The van der Waals surface area contributed by atoms with Gasteiger partial charge in [0, 0.05) is 19.6 Å². The van der Waals surface area contributed by atoms with Crippen LogP contribution in [0.15, 0.2) is 29.1 Å². The van der Waals surface area contributed by atoms with Crippen molar-refractivity contribution in [2.24, 2.45) is 0 Å². The second-order valence-corrected chi connectivity index (χ2v) is 5.79. The van der Waals surface area contributed by atoms with Crippen molar-refractivity contribution < 1.29 is 9.47 Å². The Kier molecular flexibility index (Phi) is 4.90. The number of morpholine rings is 1. The zero-order chi connectivity index (χ0) is 16.2. The predicted molar refractivity (Wildman–Crippen MR) is 90.3 cm³/mol. The summed E-state index contributed by atoms with van der Waals surface area (Å²) < 4.78 is 10.9. The average molecular weight is 333 g/mol. The van der Waals surface area contributed by atoms with E-state index in [9.17, 15) is 4.79 Å². The first-order chi connectivity index (χ1) is 11.2. The summed E-state index contributed by atoms with van der Waals surface area (Å²) in [5, 5.41) is 0. The molecule has 0 radical (unpaired) electrons. The summed E-state index contributed by atoms with van der Waals surface area (Å²) in [6.07, 6.45) is 0. The fourth-order valence-electron chi connectivity index (χ4n) is 2.65. The summed E-state index contributed by atoms with van der Waals surface area (Å²) in [7, 11) is 1.62. The first-order valence-corrected chi connectivity index (χ1v) is 7.88. The second kappa shape index (κ2) is 7.08. The Morgan fingerprint density at radius 2 is 1.91 bits per heavy atom. The number of benzene rings is 1. The summed E-state index contributed by atoms with van der Waals surface area (Å²) in [5.41, 5.74) is 2.20. The lowest BCUT2D eigenvalue weighted by Crippen LogP contribution is -2.37. The van der Waals surface area contributed by atoms with Crippen molar-refractivity contribution in [3.05, 3.63) is 45.0 Å². The van der Waals surface area contributed by atoms with Crippen LogP contribution in [0.1, 0.15) is 5.56 Å². The number of aromatic nitrogens is 2. The highest BCUT2D eigenvalue weighted by Gasteiger charge is 2.17. The summed E-state index contributed by atoms with van der Waals surface area (Å²) in [6, 6.07) is 7.57. The third-order valence-electron chi connectivity index (χ3n) is 3.91. The Morgan fingerprint density at radius 1 is 1.22 bits per heavy atom. The van der Waals surface area contributed by atoms with Crippen LogP contribution < -0.4 is 10.3 Å². The molecule has 0 bridgehead atoms. The van der Waals surface area contributed by atoms with Gasteiger partial charge < -0.3 is 14.5 Å². The van der Waals surface area contributed by atoms with Gasteiger partial charge in [-0.05, 0) is 42.0 Å². The summed E-state index contributed by atoms with van der Waals surface area (Å²) in [4.78, 5) is 20.4.